The molecule has 0 saturated carbocycles. The number of fused-ring (bicyclic) bond motifs is 1. The minimum absolute atomic E-state index is 0.0944. The lowest BCUT2D eigenvalue weighted by Gasteiger charge is -2.38. The summed E-state index contributed by atoms with van der Waals surface area (Å²) in [5.74, 6) is -3.96. The van der Waals surface area contributed by atoms with Crippen LogP contribution in [0.15, 0.2) is 79.9 Å². The third-order valence-corrected chi connectivity index (χ3v) is 10.6. The van der Waals surface area contributed by atoms with Gasteiger partial charge in [0.25, 0.3) is 5.91 Å². The smallest absolute Gasteiger partial charge is 0.313 e. The van der Waals surface area contributed by atoms with E-state index in [1.807, 2.05) is 18.2 Å². The van der Waals surface area contributed by atoms with Crippen LogP contribution in [0.4, 0.5) is 5.69 Å². The lowest BCUT2D eigenvalue weighted by molar-refractivity contribution is -0.162. The van der Waals surface area contributed by atoms with Gasteiger partial charge in [-0.05, 0) is 44.4 Å². The Hall–Kier alpha value is -3.51. The number of esters is 1. The van der Waals surface area contributed by atoms with Crippen LogP contribution in [0.2, 0.25) is 5.02 Å². The van der Waals surface area contributed by atoms with Crippen LogP contribution < -0.4 is 10.2 Å². The molecule has 2 bridgehead atoms. The van der Waals surface area contributed by atoms with Crippen LogP contribution in [0, 0.1) is 11.8 Å². The molecule has 3 saturated heterocycles. The highest BCUT2D eigenvalue weighted by molar-refractivity contribution is 9.09. The predicted octanol–water partition coefficient (Wildman–Crippen LogP) is 4.74. The summed E-state index contributed by atoms with van der Waals surface area (Å²) in [7, 11) is 0. The number of benzene rings is 2. The summed E-state index contributed by atoms with van der Waals surface area (Å²) < 4.78 is 12.8. The molecule has 2 aromatic rings. The Morgan fingerprint density at radius 2 is 1.85 bits per heavy atom. The number of ether oxygens (including phenoxy) is 2. The van der Waals surface area contributed by atoms with Crippen LogP contribution in [-0.2, 0) is 28.7 Å². The number of allylic oxidation sites excluding steroid dienone is 1. The second kappa shape index (κ2) is 14.9. The first-order valence-corrected chi connectivity index (χ1v) is 17.4. The molecule has 1 spiro atoms. The number of hydrogen-bond acceptors (Lipinski definition) is 7. The van der Waals surface area contributed by atoms with Gasteiger partial charge in [-0.2, -0.15) is 0 Å². The van der Waals surface area contributed by atoms with Gasteiger partial charge in [-0.1, -0.05) is 82.1 Å². The second-order valence-electron chi connectivity index (χ2n) is 12.6. The van der Waals surface area contributed by atoms with Crippen molar-refractivity contribution in [2.24, 2.45) is 11.8 Å². The monoisotopic (exact) mass is 741 g/mol. The molecule has 3 fully saturated rings. The van der Waals surface area contributed by atoms with Crippen LogP contribution in [0.5, 0.6) is 0 Å². The summed E-state index contributed by atoms with van der Waals surface area (Å²) in [6, 6.07) is 13.4. The summed E-state index contributed by atoms with van der Waals surface area (Å²) in [5, 5.41) is 13.5. The SMILES string of the molecule is C=CCCC(=O)N[C@@H](C)[C@H](OC(=O)[C@@H]1[C@H]2O[C@@]3(CC2Br)[C@H](C(=O)N(CC=C)c2ccccc2Cl)N([C@H](C)CO)C(=O)[C@@H]13)c1ccccc1. The molecular weight excluding hydrogens is 702 g/mol. The maximum absolute atomic E-state index is 14.7. The number of hydrogen-bond donors (Lipinski definition) is 2. The van der Waals surface area contributed by atoms with Crippen molar-refractivity contribution in [3.8, 4) is 0 Å². The number of aliphatic hydroxyl groups excluding tert-OH is 1. The Balaban J connectivity index is 1.52. The van der Waals surface area contributed by atoms with Gasteiger partial charge in [0.2, 0.25) is 11.8 Å². The molecule has 0 radical (unpaired) electrons. The molecular formula is C36H41BrClN3O7. The molecule has 256 valence electrons. The van der Waals surface area contributed by atoms with Crippen molar-refractivity contribution in [2.75, 3.05) is 18.1 Å². The second-order valence-corrected chi connectivity index (χ2v) is 14.2. The highest BCUT2D eigenvalue weighted by Gasteiger charge is 2.77. The molecule has 2 N–H and O–H groups in total. The van der Waals surface area contributed by atoms with Gasteiger partial charge in [0.05, 0.1) is 47.3 Å². The van der Waals surface area contributed by atoms with Gasteiger partial charge >= 0.3 is 5.97 Å². The Morgan fingerprint density at radius 1 is 1.17 bits per heavy atom. The van der Waals surface area contributed by atoms with Gasteiger partial charge in [-0.25, -0.2) is 0 Å². The zero-order chi connectivity index (χ0) is 34.7. The van der Waals surface area contributed by atoms with E-state index < -0.39 is 72.2 Å². The van der Waals surface area contributed by atoms with E-state index in [0.717, 1.165) is 0 Å². The standard InChI is InChI=1S/C36H41BrClN3O7/c1-5-7-17-27(43)39-22(4)30(23-13-9-8-10-14-23)47-35(46)28-29-33(44)41(21(3)20-42)32(36(29)19-24(37)31(28)48-36)34(45)40(18-6-2)26-16-12-11-15-25(26)38/h5-6,8-16,21-22,24,28-32,42H,1-2,7,17-20H2,3-4H3,(H,39,43)/t21-,22+,24?,28+,29-,30+,31+,32+,36-/m1/s1. The van der Waals surface area contributed by atoms with Crippen molar-refractivity contribution in [2.45, 2.75) is 73.9 Å². The molecule has 12 heteroatoms. The Kier molecular flexibility index (Phi) is 11.1. The summed E-state index contributed by atoms with van der Waals surface area (Å²) in [6.45, 7) is 10.6. The maximum atomic E-state index is 14.7. The van der Waals surface area contributed by atoms with Crippen molar-refractivity contribution in [3.05, 3.63) is 90.5 Å². The maximum Gasteiger partial charge on any atom is 0.313 e. The van der Waals surface area contributed by atoms with Crippen molar-refractivity contribution < 1.29 is 33.8 Å². The number of nitrogens with zero attached hydrogens (tertiary/aromatic N) is 2. The Bertz CT molecular complexity index is 1560. The van der Waals surface area contributed by atoms with Gasteiger partial charge in [0, 0.05) is 17.8 Å². The average Bonchev–Trinajstić information content (AvgIpc) is 3.68. The van der Waals surface area contributed by atoms with E-state index >= 15 is 0 Å². The number of carbonyl (C=O) groups excluding carboxylic acids is 4. The zero-order valence-corrected chi connectivity index (χ0v) is 29.3. The first kappa shape index (κ1) is 35.8. The van der Waals surface area contributed by atoms with Crippen molar-refractivity contribution >= 4 is 56.9 Å². The number of para-hydroxylation sites is 1. The summed E-state index contributed by atoms with van der Waals surface area (Å²) in [5.41, 5.74) is -0.299. The lowest BCUT2D eigenvalue weighted by atomic mass is 9.70. The molecule has 2 aromatic carbocycles. The number of halogens is 2. The number of carbonyl (C=O) groups is 4. The first-order chi connectivity index (χ1) is 23.0. The number of anilines is 1. The van der Waals surface area contributed by atoms with E-state index in [2.05, 4.69) is 34.4 Å². The van der Waals surface area contributed by atoms with Crippen molar-refractivity contribution in [3.63, 3.8) is 0 Å². The van der Waals surface area contributed by atoms with E-state index in [1.54, 1.807) is 62.4 Å². The zero-order valence-electron chi connectivity index (χ0n) is 27.0. The Morgan fingerprint density at radius 3 is 2.50 bits per heavy atom. The largest absolute Gasteiger partial charge is 0.455 e. The molecule has 3 aliphatic rings. The molecule has 0 aliphatic carbocycles. The van der Waals surface area contributed by atoms with E-state index in [-0.39, 0.29) is 30.1 Å². The third kappa shape index (κ3) is 6.45. The van der Waals surface area contributed by atoms with E-state index in [1.165, 1.54) is 9.80 Å². The number of alkyl halides is 1. The molecule has 3 aliphatic heterocycles. The molecule has 1 unspecified atom stereocenters. The van der Waals surface area contributed by atoms with Gasteiger partial charge in [-0.15, -0.1) is 13.2 Å². The lowest BCUT2D eigenvalue weighted by Crippen LogP contribution is -2.58. The number of nitrogens with one attached hydrogen (secondary N) is 1. The fraction of sp³-hybridized carbons (Fsp3) is 0.444. The number of likely N-dealkylation sites (tertiary alicyclic amines) is 1. The van der Waals surface area contributed by atoms with Gasteiger partial charge < -0.3 is 29.7 Å². The molecule has 3 amide bonds. The van der Waals surface area contributed by atoms with Gasteiger partial charge in [0.1, 0.15) is 17.7 Å². The summed E-state index contributed by atoms with van der Waals surface area (Å²) >= 11 is 10.2. The van der Waals surface area contributed by atoms with E-state index in [9.17, 15) is 24.3 Å². The van der Waals surface area contributed by atoms with E-state index in [4.69, 9.17) is 21.1 Å². The molecule has 48 heavy (non-hydrogen) atoms. The van der Waals surface area contributed by atoms with Gasteiger partial charge in [-0.3, -0.25) is 19.2 Å². The van der Waals surface area contributed by atoms with Crippen molar-refractivity contribution in [1.82, 2.24) is 10.2 Å². The minimum Gasteiger partial charge on any atom is -0.455 e. The van der Waals surface area contributed by atoms with Crippen LogP contribution in [0.3, 0.4) is 0 Å². The van der Waals surface area contributed by atoms with Crippen molar-refractivity contribution in [1.29, 1.82) is 0 Å². The van der Waals surface area contributed by atoms with Gasteiger partial charge in [0.15, 0.2) is 0 Å². The predicted molar refractivity (Wildman–Crippen MR) is 185 cm³/mol. The molecule has 5 rings (SSSR count). The van der Waals surface area contributed by atoms with Crippen LogP contribution in [-0.4, -0.2) is 81.5 Å². The highest BCUT2D eigenvalue weighted by Crippen LogP contribution is 2.61. The van der Waals surface area contributed by atoms with E-state index in [0.29, 0.717) is 22.7 Å². The minimum atomic E-state index is -1.40. The highest BCUT2D eigenvalue weighted by atomic mass is 79.9. The van der Waals surface area contributed by atoms with Crippen LogP contribution in [0.25, 0.3) is 0 Å². The third-order valence-electron chi connectivity index (χ3n) is 9.48. The normalized spacial score (nSPS) is 27.5. The topological polar surface area (TPSA) is 125 Å². The average molecular weight is 743 g/mol. The van der Waals surface area contributed by atoms with Crippen LogP contribution in [0.1, 0.15) is 44.8 Å². The molecule has 9 atom stereocenters. The number of rotatable bonds is 14. The quantitative estimate of drug-likeness (QED) is 0.163. The molecule has 0 aromatic heterocycles. The Labute approximate surface area is 294 Å². The number of aliphatic hydroxyl groups is 1. The summed E-state index contributed by atoms with van der Waals surface area (Å²) in [4.78, 5) is 58.6. The molecule has 3 heterocycles. The number of amides is 3. The fourth-order valence-corrected chi connectivity index (χ4v) is 8.55. The first-order valence-electron chi connectivity index (χ1n) is 16.1. The summed E-state index contributed by atoms with van der Waals surface area (Å²) in [6.07, 6.45) is 2.58. The molecule has 10 nitrogen and oxygen atoms in total. The van der Waals surface area contributed by atoms with Crippen LogP contribution >= 0.6 is 27.5 Å². The fourth-order valence-electron chi connectivity index (χ4n) is 7.37.